The monoisotopic (exact) mass is 469 g/mol. The minimum atomic E-state index is -4.59. The molecule has 162 valence electrons. The molecule has 1 aromatic carbocycles. The SMILES string of the molecule is C[C@@H]1CC(=O)Nc2ccccc2N1C(=O)CSc1nnc2c(Cl)cc(C(F)(F)F)cn12. The minimum Gasteiger partial charge on any atom is -0.324 e. The number of fused-ring (bicyclic) bond motifs is 2. The molecule has 0 unspecified atom stereocenters. The maximum atomic E-state index is 13.1. The lowest BCUT2D eigenvalue weighted by molar-refractivity contribution is -0.138. The number of alkyl halides is 3. The zero-order valence-electron chi connectivity index (χ0n) is 16.0. The molecule has 0 bridgehead atoms. The third-order valence-corrected chi connectivity index (χ3v) is 5.91. The topological polar surface area (TPSA) is 79.6 Å². The Labute approximate surface area is 183 Å². The maximum Gasteiger partial charge on any atom is 0.417 e. The van der Waals surface area contributed by atoms with E-state index in [4.69, 9.17) is 11.6 Å². The second kappa shape index (κ2) is 8.04. The Hall–Kier alpha value is -2.79. The number of pyridine rings is 1. The molecule has 1 aliphatic heterocycles. The summed E-state index contributed by atoms with van der Waals surface area (Å²) in [6.45, 7) is 1.76. The second-order valence-corrected chi connectivity index (χ2v) is 8.27. The highest BCUT2D eigenvalue weighted by molar-refractivity contribution is 7.99. The number of carbonyl (C=O) groups is 2. The number of aromatic nitrogens is 3. The normalized spacial score (nSPS) is 16.7. The predicted molar refractivity (Wildman–Crippen MR) is 110 cm³/mol. The molecule has 0 saturated heterocycles. The molecule has 1 aliphatic rings. The molecule has 3 heterocycles. The Morgan fingerprint density at radius 2 is 2.06 bits per heavy atom. The number of para-hydroxylation sites is 2. The lowest BCUT2D eigenvalue weighted by Gasteiger charge is -2.27. The summed E-state index contributed by atoms with van der Waals surface area (Å²) in [5.41, 5.74) is 0.190. The van der Waals surface area contributed by atoms with Crippen molar-refractivity contribution in [3.63, 3.8) is 0 Å². The number of hydrogen-bond acceptors (Lipinski definition) is 5. The van der Waals surface area contributed by atoms with Gasteiger partial charge in [0.2, 0.25) is 11.8 Å². The number of benzene rings is 1. The van der Waals surface area contributed by atoms with E-state index in [0.29, 0.717) is 11.4 Å². The summed E-state index contributed by atoms with van der Waals surface area (Å²) in [5, 5.41) is 10.4. The first kappa shape index (κ1) is 21.4. The first-order chi connectivity index (χ1) is 14.6. The van der Waals surface area contributed by atoms with Gasteiger partial charge in [-0.05, 0) is 25.1 Å². The van der Waals surface area contributed by atoms with Crippen LogP contribution in [0.4, 0.5) is 24.5 Å². The summed E-state index contributed by atoms with van der Waals surface area (Å²) in [7, 11) is 0. The van der Waals surface area contributed by atoms with Gasteiger partial charge in [-0.2, -0.15) is 13.2 Å². The maximum absolute atomic E-state index is 13.1. The van der Waals surface area contributed by atoms with E-state index in [0.717, 1.165) is 28.4 Å². The predicted octanol–water partition coefficient (Wildman–Crippen LogP) is 4.26. The van der Waals surface area contributed by atoms with Crippen LogP contribution in [0.5, 0.6) is 0 Å². The molecule has 0 aliphatic carbocycles. The number of nitrogens with one attached hydrogen (secondary N) is 1. The zero-order chi connectivity index (χ0) is 22.3. The molecule has 1 N–H and O–H groups in total. The summed E-state index contributed by atoms with van der Waals surface area (Å²) < 4.78 is 40.5. The van der Waals surface area contributed by atoms with Crippen molar-refractivity contribution in [2.75, 3.05) is 16.0 Å². The van der Waals surface area contributed by atoms with E-state index in [9.17, 15) is 22.8 Å². The van der Waals surface area contributed by atoms with Crippen LogP contribution in [0.15, 0.2) is 41.7 Å². The van der Waals surface area contributed by atoms with Gasteiger partial charge in [-0.15, -0.1) is 10.2 Å². The van der Waals surface area contributed by atoms with Gasteiger partial charge in [0.15, 0.2) is 10.8 Å². The minimum absolute atomic E-state index is 0.0629. The number of thioether (sulfide) groups is 1. The van der Waals surface area contributed by atoms with Crippen molar-refractivity contribution in [1.29, 1.82) is 0 Å². The molecule has 7 nitrogen and oxygen atoms in total. The van der Waals surface area contributed by atoms with Crippen LogP contribution >= 0.6 is 23.4 Å². The summed E-state index contributed by atoms with van der Waals surface area (Å²) in [6.07, 6.45) is -3.63. The Kier molecular flexibility index (Phi) is 5.56. The van der Waals surface area contributed by atoms with Gasteiger partial charge >= 0.3 is 6.18 Å². The second-order valence-electron chi connectivity index (χ2n) is 6.92. The molecule has 31 heavy (non-hydrogen) atoms. The van der Waals surface area contributed by atoms with E-state index in [1.54, 1.807) is 31.2 Å². The lowest BCUT2D eigenvalue weighted by atomic mass is 10.2. The third-order valence-electron chi connectivity index (χ3n) is 4.71. The van der Waals surface area contributed by atoms with Crippen LogP contribution in [-0.2, 0) is 15.8 Å². The van der Waals surface area contributed by atoms with Gasteiger partial charge in [-0.1, -0.05) is 35.5 Å². The number of rotatable bonds is 3. The Morgan fingerprint density at radius 1 is 1.32 bits per heavy atom. The van der Waals surface area contributed by atoms with Gasteiger partial charge in [-0.3, -0.25) is 14.0 Å². The molecule has 1 atom stereocenters. The average molecular weight is 470 g/mol. The van der Waals surface area contributed by atoms with E-state index < -0.39 is 17.8 Å². The molecule has 2 aromatic heterocycles. The lowest BCUT2D eigenvalue weighted by Crippen LogP contribution is -2.40. The van der Waals surface area contributed by atoms with Gasteiger partial charge in [0.1, 0.15) is 0 Å². The van der Waals surface area contributed by atoms with Gasteiger partial charge in [0.25, 0.3) is 0 Å². The number of anilines is 2. The summed E-state index contributed by atoms with van der Waals surface area (Å²) in [5.74, 6) is -0.654. The van der Waals surface area contributed by atoms with Crippen LogP contribution < -0.4 is 10.2 Å². The van der Waals surface area contributed by atoms with Gasteiger partial charge in [0, 0.05) is 18.7 Å². The van der Waals surface area contributed by atoms with Gasteiger partial charge < -0.3 is 10.2 Å². The average Bonchev–Trinajstić information content (AvgIpc) is 3.05. The molecule has 0 saturated carbocycles. The Bertz CT molecular complexity index is 1180. The van der Waals surface area contributed by atoms with Crippen molar-refractivity contribution in [3.8, 4) is 0 Å². The molecule has 3 aromatic rings. The van der Waals surface area contributed by atoms with Gasteiger partial charge in [-0.25, -0.2) is 0 Å². The quantitative estimate of drug-likeness (QED) is 0.580. The number of amides is 2. The van der Waals surface area contributed by atoms with E-state index >= 15 is 0 Å². The van der Waals surface area contributed by atoms with Crippen molar-refractivity contribution in [2.24, 2.45) is 0 Å². The number of nitrogens with zero attached hydrogens (tertiary/aromatic N) is 4. The van der Waals surface area contributed by atoms with E-state index in [1.807, 2.05) is 0 Å². The van der Waals surface area contributed by atoms with Crippen molar-refractivity contribution in [1.82, 2.24) is 14.6 Å². The molecule has 2 amide bonds. The zero-order valence-corrected chi connectivity index (χ0v) is 17.6. The molecule has 4 rings (SSSR count). The Balaban J connectivity index is 1.61. The van der Waals surface area contributed by atoms with Crippen LogP contribution in [0, 0.1) is 0 Å². The highest BCUT2D eigenvalue weighted by atomic mass is 35.5. The molecular weight excluding hydrogens is 455 g/mol. The smallest absolute Gasteiger partial charge is 0.324 e. The number of hydrogen-bond donors (Lipinski definition) is 1. The fourth-order valence-electron chi connectivity index (χ4n) is 3.35. The number of carbonyl (C=O) groups excluding carboxylic acids is 2. The van der Waals surface area contributed by atoms with Crippen LogP contribution in [0.2, 0.25) is 5.02 Å². The summed E-state index contributed by atoms with van der Waals surface area (Å²) >= 11 is 6.86. The summed E-state index contributed by atoms with van der Waals surface area (Å²) in [4.78, 5) is 26.6. The molecule has 12 heteroatoms. The van der Waals surface area contributed by atoms with Crippen molar-refractivity contribution in [2.45, 2.75) is 30.7 Å². The molecule has 0 spiro atoms. The van der Waals surface area contributed by atoms with E-state index in [-0.39, 0.29) is 39.8 Å². The first-order valence-electron chi connectivity index (χ1n) is 9.10. The van der Waals surface area contributed by atoms with Crippen molar-refractivity contribution < 1.29 is 22.8 Å². The molecule has 0 radical (unpaired) electrons. The highest BCUT2D eigenvalue weighted by Crippen LogP contribution is 2.34. The third kappa shape index (κ3) is 4.19. The highest BCUT2D eigenvalue weighted by Gasteiger charge is 2.33. The van der Waals surface area contributed by atoms with Gasteiger partial charge in [0.05, 0.1) is 27.7 Å². The van der Waals surface area contributed by atoms with E-state index in [1.165, 1.54) is 4.90 Å². The first-order valence-corrected chi connectivity index (χ1v) is 10.5. The standard InChI is InChI=1S/C19H15ClF3N5O2S/c1-10-6-15(29)24-13-4-2-3-5-14(13)28(10)16(30)9-31-18-26-25-17-12(20)7-11(8-27(17)18)19(21,22)23/h2-5,7-8,10H,6,9H2,1H3,(H,24,29)/t10-/m1/s1. The van der Waals surface area contributed by atoms with Crippen LogP contribution in [0.25, 0.3) is 5.65 Å². The Morgan fingerprint density at radius 3 is 2.81 bits per heavy atom. The van der Waals surface area contributed by atoms with Crippen molar-refractivity contribution >= 4 is 52.2 Å². The largest absolute Gasteiger partial charge is 0.417 e. The fourth-order valence-corrected chi connectivity index (χ4v) is 4.37. The van der Waals surface area contributed by atoms with Crippen LogP contribution in [0.1, 0.15) is 18.9 Å². The van der Waals surface area contributed by atoms with Crippen LogP contribution in [-0.4, -0.2) is 38.2 Å². The molecule has 0 fully saturated rings. The number of halogens is 4. The van der Waals surface area contributed by atoms with E-state index in [2.05, 4.69) is 15.5 Å². The summed E-state index contributed by atoms with van der Waals surface area (Å²) in [6, 6.07) is 7.30. The van der Waals surface area contributed by atoms with Crippen molar-refractivity contribution in [3.05, 3.63) is 47.1 Å². The fraction of sp³-hybridized carbons (Fsp3) is 0.263. The van der Waals surface area contributed by atoms with Crippen LogP contribution in [0.3, 0.4) is 0 Å². The molecular formula is C19H15ClF3N5O2S.